The number of methoxy groups -OCH3 is 1. The standard InChI is InChI=1S/C18H20N2O6/c1-18(2,3)26-15(21)10-20-9-12(7-13(16(20)22)17(23)24)11-5-6-14(25-4)19-8-11/h5-9H,10H2,1-4H3,(H,23,24). The first-order valence-electron chi connectivity index (χ1n) is 7.81. The number of esters is 1. The third-order valence-corrected chi connectivity index (χ3v) is 3.31. The molecular formula is C18H20N2O6. The molecule has 0 saturated carbocycles. The molecule has 0 fully saturated rings. The number of nitrogens with zero attached hydrogens (tertiary/aromatic N) is 2. The number of carbonyl (C=O) groups is 2. The molecule has 0 aliphatic carbocycles. The zero-order valence-corrected chi connectivity index (χ0v) is 15.0. The topological polar surface area (TPSA) is 108 Å². The van der Waals surface area contributed by atoms with E-state index in [2.05, 4.69) is 4.98 Å². The Labute approximate surface area is 150 Å². The van der Waals surface area contributed by atoms with Crippen molar-refractivity contribution in [2.45, 2.75) is 32.9 Å². The minimum Gasteiger partial charge on any atom is -0.481 e. The summed E-state index contributed by atoms with van der Waals surface area (Å²) in [6, 6.07) is 4.54. The Kier molecular flexibility index (Phi) is 5.44. The minimum atomic E-state index is -1.38. The Balaban J connectivity index is 2.47. The van der Waals surface area contributed by atoms with E-state index in [9.17, 15) is 19.5 Å². The Morgan fingerprint density at radius 1 is 1.23 bits per heavy atom. The summed E-state index contributed by atoms with van der Waals surface area (Å²) >= 11 is 0. The van der Waals surface area contributed by atoms with Crippen molar-refractivity contribution in [3.8, 4) is 17.0 Å². The van der Waals surface area contributed by atoms with Crippen LogP contribution < -0.4 is 10.3 Å². The fraction of sp³-hybridized carbons (Fsp3) is 0.333. The molecule has 0 aliphatic heterocycles. The van der Waals surface area contributed by atoms with E-state index in [1.54, 1.807) is 32.9 Å². The van der Waals surface area contributed by atoms with Gasteiger partial charge in [0.2, 0.25) is 5.88 Å². The van der Waals surface area contributed by atoms with Gasteiger partial charge in [0.25, 0.3) is 5.56 Å². The van der Waals surface area contributed by atoms with Crippen LogP contribution in [-0.4, -0.2) is 39.3 Å². The molecule has 0 aromatic carbocycles. The number of carboxylic acid groups (broad SMARTS) is 1. The second-order valence-corrected chi connectivity index (χ2v) is 6.56. The van der Waals surface area contributed by atoms with Crippen LogP contribution in [0.25, 0.3) is 11.1 Å². The van der Waals surface area contributed by atoms with Gasteiger partial charge in [-0.05, 0) is 32.9 Å². The van der Waals surface area contributed by atoms with E-state index in [4.69, 9.17) is 9.47 Å². The number of rotatable bonds is 5. The molecule has 2 rings (SSSR count). The Morgan fingerprint density at radius 2 is 1.92 bits per heavy atom. The van der Waals surface area contributed by atoms with Crippen molar-refractivity contribution in [2.75, 3.05) is 7.11 Å². The molecule has 26 heavy (non-hydrogen) atoms. The SMILES string of the molecule is COc1ccc(-c2cc(C(=O)O)c(=O)n(CC(=O)OC(C)(C)C)c2)cn1. The van der Waals surface area contributed by atoms with Crippen LogP contribution in [0.4, 0.5) is 0 Å². The van der Waals surface area contributed by atoms with Gasteiger partial charge in [-0.1, -0.05) is 0 Å². The summed E-state index contributed by atoms with van der Waals surface area (Å²) < 4.78 is 11.2. The van der Waals surface area contributed by atoms with Crippen LogP contribution in [0.1, 0.15) is 31.1 Å². The van der Waals surface area contributed by atoms with Gasteiger partial charge in [-0.15, -0.1) is 0 Å². The summed E-state index contributed by atoms with van der Waals surface area (Å²) in [5.74, 6) is -1.62. The molecule has 0 aliphatic rings. The molecule has 8 nitrogen and oxygen atoms in total. The van der Waals surface area contributed by atoms with Crippen molar-refractivity contribution < 1.29 is 24.2 Å². The first-order valence-corrected chi connectivity index (χ1v) is 7.81. The molecule has 2 aromatic rings. The summed E-state index contributed by atoms with van der Waals surface area (Å²) in [5, 5.41) is 9.30. The maximum absolute atomic E-state index is 12.3. The molecule has 2 aromatic heterocycles. The van der Waals surface area contributed by atoms with Gasteiger partial charge in [0, 0.05) is 29.6 Å². The number of pyridine rings is 2. The van der Waals surface area contributed by atoms with Gasteiger partial charge in [-0.2, -0.15) is 0 Å². The van der Waals surface area contributed by atoms with Gasteiger partial charge in [0.05, 0.1) is 7.11 Å². The van der Waals surface area contributed by atoms with E-state index < -0.39 is 35.2 Å². The summed E-state index contributed by atoms with van der Waals surface area (Å²) in [4.78, 5) is 39.8. The second-order valence-electron chi connectivity index (χ2n) is 6.56. The number of carbonyl (C=O) groups excluding carboxylic acids is 1. The maximum Gasteiger partial charge on any atom is 0.341 e. The molecule has 0 radical (unpaired) electrons. The van der Waals surface area contributed by atoms with E-state index in [0.29, 0.717) is 17.0 Å². The number of hydrogen-bond acceptors (Lipinski definition) is 6. The van der Waals surface area contributed by atoms with Crippen molar-refractivity contribution in [3.63, 3.8) is 0 Å². The number of carboxylic acids is 1. The fourth-order valence-corrected chi connectivity index (χ4v) is 2.25. The number of ether oxygens (including phenoxy) is 2. The van der Waals surface area contributed by atoms with E-state index in [1.165, 1.54) is 25.6 Å². The molecule has 0 saturated heterocycles. The lowest BCUT2D eigenvalue weighted by Gasteiger charge is -2.20. The van der Waals surface area contributed by atoms with Crippen molar-refractivity contribution in [1.82, 2.24) is 9.55 Å². The first kappa shape index (κ1) is 19.2. The van der Waals surface area contributed by atoms with Crippen molar-refractivity contribution >= 4 is 11.9 Å². The highest BCUT2D eigenvalue weighted by Crippen LogP contribution is 2.20. The predicted molar refractivity (Wildman–Crippen MR) is 93.3 cm³/mol. The lowest BCUT2D eigenvalue weighted by Crippen LogP contribution is -2.32. The van der Waals surface area contributed by atoms with Crippen molar-refractivity contribution in [1.29, 1.82) is 0 Å². The van der Waals surface area contributed by atoms with Gasteiger partial charge in [-0.3, -0.25) is 9.59 Å². The fourth-order valence-electron chi connectivity index (χ4n) is 2.25. The Hall–Kier alpha value is -3.16. The largest absolute Gasteiger partial charge is 0.481 e. The minimum absolute atomic E-state index is 0.395. The molecule has 0 amide bonds. The third kappa shape index (κ3) is 4.69. The molecule has 0 unspecified atom stereocenters. The van der Waals surface area contributed by atoms with Gasteiger partial charge >= 0.3 is 11.9 Å². The second kappa shape index (κ2) is 7.38. The molecular weight excluding hydrogens is 340 g/mol. The Bertz CT molecular complexity index is 878. The molecule has 138 valence electrons. The summed E-state index contributed by atoms with van der Waals surface area (Å²) in [6.07, 6.45) is 2.89. The highest BCUT2D eigenvalue weighted by atomic mass is 16.6. The van der Waals surface area contributed by atoms with E-state index in [1.807, 2.05) is 0 Å². The van der Waals surface area contributed by atoms with Crippen LogP contribution in [0.5, 0.6) is 5.88 Å². The monoisotopic (exact) mass is 360 g/mol. The van der Waals surface area contributed by atoms with Gasteiger partial charge in [0.1, 0.15) is 17.7 Å². The molecule has 1 N–H and O–H groups in total. The van der Waals surface area contributed by atoms with Crippen LogP contribution in [0, 0.1) is 0 Å². The summed E-state index contributed by atoms with van der Waals surface area (Å²) in [7, 11) is 1.48. The van der Waals surface area contributed by atoms with Crippen LogP contribution in [0.3, 0.4) is 0 Å². The number of aromatic nitrogens is 2. The zero-order chi connectivity index (χ0) is 19.5. The van der Waals surface area contributed by atoms with Crippen molar-refractivity contribution in [3.05, 3.63) is 46.5 Å². The quantitative estimate of drug-likeness (QED) is 0.812. The van der Waals surface area contributed by atoms with E-state index >= 15 is 0 Å². The lowest BCUT2D eigenvalue weighted by molar-refractivity contribution is -0.155. The predicted octanol–water partition coefficient (Wildman–Crippen LogP) is 1.96. The van der Waals surface area contributed by atoms with Gasteiger partial charge < -0.3 is 19.1 Å². The maximum atomic E-state index is 12.3. The van der Waals surface area contributed by atoms with Crippen LogP contribution in [0.15, 0.2) is 35.4 Å². The average Bonchev–Trinajstić information content (AvgIpc) is 2.54. The third-order valence-electron chi connectivity index (χ3n) is 3.31. The smallest absolute Gasteiger partial charge is 0.341 e. The van der Waals surface area contributed by atoms with Crippen LogP contribution >= 0.6 is 0 Å². The molecule has 0 atom stereocenters. The normalized spacial score (nSPS) is 11.1. The summed E-state index contributed by atoms with van der Waals surface area (Å²) in [6.45, 7) is 4.72. The van der Waals surface area contributed by atoms with Gasteiger partial charge in [0.15, 0.2) is 0 Å². The molecule has 2 heterocycles. The lowest BCUT2D eigenvalue weighted by atomic mass is 10.1. The molecule has 8 heteroatoms. The number of hydrogen-bond donors (Lipinski definition) is 1. The average molecular weight is 360 g/mol. The first-order chi connectivity index (χ1) is 12.1. The molecule has 0 spiro atoms. The molecule has 0 bridgehead atoms. The zero-order valence-electron chi connectivity index (χ0n) is 15.0. The van der Waals surface area contributed by atoms with Crippen LogP contribution in [0.2, 0.25) is 0 Å². The van der Waals surface area contributed by atoms with E-state index in [0.717, 1.165) is 4.57 Å². The van der Waals surface area contributed by atoms with Crippen LogP contribution in [-0.2, 0) is 16.1 Å². The number of aromatic carboxylic acids is 1. The van der Waals surface area contributed by atoms with Gasteiger partial charge in [-0.25, -0.2) is 9.78 Å². The highest BCUT2D eigenvalue weighted by Gasteiger charge is 2.20. The van der Waals surface area contributed by atoms with Crippen molar-refractivity contribution in [2.24, 2.45) is 0 Å². The van der Waals surface area contributed by atoms with E-state index in [-0.39, 0.29) is 0 Å². The highest BCUT2D eigenvalue weighted by molar-refractivity contribution is 5.89. The Morgan fingerprint density at radius 3 is 2.42 bits per heavy atom. The summed E-state index contributed by atoms with van der Waals surface area (Å²) in [5.41, 5.74) is -0.934.